The fraction of sp³-hybridized carbons (Fsp3) is 0.435. The summed E-state index contributed by atoms with van der Waals surface area (Å²) in [6.07, 6.45) is 0.430. The lowest BCUT2D eigenvalue weighted by Crippen LogP contribution is -2.47. The van der Waals surface area contributed by atoms with Gasteiger partial charge in [-0.15, -0.1) is 0 Å². The first-order chi connectivity index (χ1) is 13.6. The number of nitrogens with zero attached hydrogens (tertiary/aromatic N) is 2. The summed E-state index contributed by atoms with van der Waals surface area (Å²) in [4.78, 5) is 17.2. The molecule has 5 nitrogen and oxygen atoms in total. The number of benzene rings is 2. The van der Waals surface area contributed by atoms with Crippen LogP contribution < -0.4 is 10.1 Å². The van der Waals surface area contributed by atoms with Crippen molar-refractivity contribution in [3.05, 3.63) is 66.2 Å². The summed E-state index contributed by atoms with van der Waals surface area (Å²) in [6.45, 7) is 6.60. The standard InChI is InChI=1S/C23H31N3O2/c1-19(28-21-12-7-4-8-13-21)23(27)24-14-9-15-26-17-16-25(2)18-22(26)20-10-5-3-6-11-20/h3-8,10-13,19,22H,9,14-18H2,1-2H3,(H,24,27). The normalized spacial score (nSPS) is 19.1. The van der Waals surface area contributed by atoms with Crippen molar-refractivity contribution < 1.29 is 9.53 Å². The molecule has 0 saturated carbocycles. The Morgan fingerprint density at radius 2 is 1.79 bits per heavy atom. The highest BCUT2D eigenvalue weighted by molar-refractivity contribution is 5.80. The summed E-state index contributed by atoms with van der Waals surface area (Å²) >= 11 is 0. The van der Waals surface area contributed by atoms with E-state index in [4.69, 9.17) is 4.74 Å². The largest absolute Gasteiger partial charge is 0.481 e. The second kappa shape index (κ2) is 10.2. The molecule has 1 N–H and O–H groups in total. The molecule has 0 aliphatic carbocycles. The van der Waals surface area contributed by atoms with Crippen LogP contribution in [0.2, 0.25) is 0 Å². The first-order valence-corrected chi connectivity index (χ1v) is 10.1. The molecular formula is C23H31N3O2. The number of likely N-dealkylation sites (N-methyl/N-ethyl adjacent to an activating group) is 1. The minimum atomic E-state index is -0.497. The second-order valence-corrected chi connectivity index (χ2v) is 7.44. The van der Waals surface area contributed by atoms with Crippen molar-refractivity contribution in [2.45, 2.75) is 25.5 Å². The van der Waals surface area contributed by atoms with Crippen LogP contribution in [0.3, 0.4) is 0 Å². The van der Waals surface area contributed by atoms with Crippen LogP contribution in [0, 0.1) is 0 Å². The predicted octanol–water partition coefficient (Wildman–Crippen LogP) is 2.95. The van der Waals surface area contributed by atoms with E-state index >= 15 is 0 Å². The highest BCUT2D eigenvalue weighted by Crippen LogP contribution is 2.24. The maximum Gasteiger partial charge on any atom is 0.260 e. The van der Waals surface area contributed by atoms with Gasteiger partial charge in [0.25, 0.3) is 5.91 Å². The van der Waals surface area contributed by atoms with Crippen LogP contribution in [0.5, 0.6) is 5.75 Å². The molecule has 2 aromatic rings. The quantitative estimate of drug-likeness (QED) is 0.714. The van der Waals surface area contributed by atoms with Crippen molar-refractivity contribution in [2.24, 2.45) is 0 Å². The molecule has 0 bridgehead atoms. The van der Waals surface area contributed by atoms with E-state index in [1.54, 1.807) is 6.92 Å². The zero-order chi connectivity index (χ0) is 19.8. The molecule has 2 atom stereocenters. The Balaban J connectivity index is 1.44. The monoisotopic (exact) mass is 381 g/mol. The molecule has 28 heavy (non-hydrogen) atoms. The van der Waals surface area contributed by atoms with Gasteiger partial charge in [-0.25, -0.2) is 0 Å². The second-order valence-electron chi connectivity index (χ2n) is 7.44. The molecule has 2 unspecified atom stereocenters. The SMILES string of the molecule is CC(Oc1ccccc1)C(=O)NCCCN1CCN(C)CC1c1ccccc1. The molecule has 0 radical (unpaired) electrons. The van der Waals surface area contributed by atoms with Crippen molar-refractivity contribution in [2.75, 3.05) is 39.8 Å². The van der Waals surface area contributed by atoms with Gasteiger partial charge in [0.15, 0.2) is 6.10 Å². The van der Waals surface area contributed by atoms with Gasteiger partial charge in [-0.2, -0.15) is 0 Å². The molecule has 0 spiro atoms. The van der Waals surface area contributed by atoms with Crippen molar-refractivity contribution in [1.29, 1.82) is 0 Å². The van der Waals surface area contributed by atoms with Crippen LogP contribution in [-0.4, -0.2) is 61.6 Å². The van der Waals surface area contributed by atoms with Crippen molar-refractivity contribution in [3.63, 3.8) is 0 Å². The van der Waals surface area contributed by atoms with E-state index in [9.17, 15) is 4.79 Å². The van der Waals surface area contributed by atoms with Crippen molar-refractivity contribution >= 4 is 5.91 Å². The lowest BCUT2D eigenvalue weighted by molar-refractivity contribution is -0.127. The minimum absolute atomic E-state index is 0.0677. The Morgan fingerprint density at radius 3 is 2.50 bits per heavy atom. The van der Waals surface area contributed by atoms with Gasteiger partial charge in [-0.1, -0.05) is 48.5 Å². The number of amides is 1. The Labute approximate surface area is 168 Å². The molecule has 1 aliphatic rings. The number of nitrogens with one attached hydrogen (secondary N) is 1. The molecule has 2 aromatic carbocycles. The summed E-state index contributed by atoms with van der Waals surface area (Å²) in [5.74, 6) is 0.648. The van der Waals surface area contributed by atoms with Crippen LogP contribution in [-0.2, 0) is 4.79 Å². The highest BCUT2D eigenvalue weighted by atomic mass is 16.5. The first-order valence-electron chi connectivity index (χ1n) is 10.1. The van der Waals surface area contributed by atoms with E-state index in [-0.39, 0.29) is 5.91 Å². The number of hydrogen-bond donors (Lipinski definition) is 1. The average molecular weight is 382 g/mol. The van der Waals surface area contributed by atoms with Crippen LogP contribution in [0.4, 0.5) is 0 Å². The summed E-state index contributed by atoms with van der Waals surface area (Å²) < 4.78 is 5.68. The Morgan fingerprint density at radius 1 is 1.11 bits per heavy atom. The third-order valence-corrected chi connectivity index (χ3v) is 5.23. The summed E-state index contributed by atoms with van der Waals surface area (Å²) in [7, 11) is 2.18. The molecule has 1 amide bonds. The van der Waals surface area contributed by atoms with E-state index in [0.717, 1.165) is 32.6 Å². The molecule has 1 aliphatic heterocycles. The molecule has 1 saturated heterocycles. The third kappa shape index (κ3) is 5.81. The van der Waals surface area contributed by atoms with Crippen molar-refractivity contribution in [1.82, 2.24) is 15.1 Å². The number of rotatable bonds is 8. The maximum atomic E-state index is 12.3. The lowest BCUT2D eigenvalue weighted by Gasteiger charge is -2.40. The number of hydrogen-bond acceptors (Lipinski definition) is 4. The first kappa shape index (κ1) is 20.4. The van der Waals surface area contributed by atoms with Gasteiger partial charge >= 0.3 is 0 Å². The molecular weight excluding hydrogens is 350 g/mol. The van der Waals surface area contributed by atoms with E-state index in [2.05, 4.69) is 52.5 Å². The van der Waals surface area contributed by atoms with E-state index in [0.29, 0.717) is 18.3 Å². The van der Waals surface area contributed by atoms with Gasteiger partial charge in [0, 0.05) is 38.8 Å². The number of piperazine rings is 1. The molecule has 1 heterocycles. The predicted molar refractivity (Wildman–Crippen MR) is 112 cm³/mol. The van der Waals surface area contributed by atoms with Crippen LogP contribution >= 0.6 is 0 Å². The topological polar surface area (TPSA) is 44.8 Å². The molecule has 0 aromatic heterocycles. The lowest BCUT2D eigenvalue weighted by atomic mass is 10.0. The van der Waals surface area contributed by atoms with Crippen molar-refractivity contribution in [3.8, 4) is 5.75 Å². The summed E-state index contributed by atoms with van der Waals surface area (Å²) in [6, 6.07) is 20.6. The average Bonchev–Trinajstić information content (AvgIpc) is 2.73. The zero-order valence-electron chi connectivity index (χ0n) is 16.9. The Bertz CT molecular complexity index is 723. The van der Waals surface area contributed by atoms with Gasteiger partial charge in [0.2, 0.25) is 0 Å². The fourth-order valence-corrected chi connectivity index (χ4v) is 3.61. The Hall–Kier alpha value is -2.37. The molecule has 1 fully saturated rings. The minimum Gasteiger partial charge on any atom is -0.481 e. The van der Waals surface area contributed by atoms with Gasteiger partial charge in [-0.3, -0.25) is 9.69 Å². The highest BCUT2D eigenvalue weighted by Gasteiger charge is 2.26. The van der Waals surface area contributed by atoms with E-state index < -0.39 is 6.10 Å². The van der Waals surface area contributed by atoms with Crippen LogP contribution in [0.25, 0.3) is 0 Å². The van der Waals surface area contributed by atoms with Gasteiger partial charge in [-0.05, 0) is 38.1 Å². The van der Waals surface area contributed by atoms with Gasteiger partial charge in [0.1, 0.15) is 5.75 Å². The van der Waals surface area contributed by atoms with E-state index in [1.165, 1.54) is 5.56 Å². The zero-order valence-corrected chi connectivity index (χ0v) is 16.9. The summed E-state index contributed by atoms with van der Waals surface area (Å²) in [5, 5.41) is 3.00. The summed E-state index contributed by atoms with van der Waals surface area (Å²) in [5.41, 5.74) is 1.36. The maximum absolute atomic E-state index is 12.3. The van der Waals surface area contributed by atoms with Gasteiger partial charge < -0.3 is 15.0 Å². The molecule has 5 heteroatoms. The van der Waals surface area contributed by atoms with E-state index in [1.807, 2.05) is 30.3 Å². The molecule has 150 valence electrons. The smallest absolute Gasteiger partial charge is 0.260 e. The fourth-order valence-electron chi connectivity index (χ4n) is 3.61. The third-order valence-electron chi connectivity index (χ3n) is 5.23. The number of carbonyl (C=O) groups is 1. The molecule has 3 rings (SSSR count). The Kier molecular flexibility index (Phi) is 7.46. The van der Waals surface area contributed by atoms with Crippen LogP contribution in [0.15, 0.2) is 60.7 Å². The number of para-hydroxylation sites is 1. The van der Waals surface area contributed by atoms with Crippen LogP contribution in [0.1, 0.15) is 24.9 Å². The number of carbonyl (C=O) groups excluding carboxylic acids is 1. The van der Waals surface area contributed by atoms with Gasteiger partial charge in [0.05, 0.1) is 0 Å². The number of ether oxygens (including phenoxy) is 1.